The Morgan fingerprint density at radius 2 is 1.40 bits per heavy atom. The highest BCUT2D eigenvalue weighted by atomic mass is 16.4. The summed E-state index contributed by atoms with van der Waals surface area (Å²) in [6.07, 6.45) is -4.55. The lowest BCUT2D eigenvalue weighted by Gasteiger charge is -2.44. The summed E-state index contributed by atoms with van der Waals surface area (Å²) >= 11 is 0. The van der Waals surface area contributed by atoms with Crippen LogP contribution in [0.25, 0.3) is 0 Å². The highest BCUT2D eigenvalue weighted by Gasteiger charge is 2.52. The molecule has 0 aromatic heterocycles. The Balaban J connectivity index is 4.99. The Bertz CT molecular complexity index is 201. The Morgan fingerprint density at radius 1 is 1.00 bits per heavy atom. The molecule has 0 radical (unpaired) electrons. The lowest BCUT2D eigenvalue weighted by atomic mass is 9.76. The van der Waals surface area contributed by atoms with E-state index in [4.69, 9.17) is 10.2 Å². The molecule has 0 aliphatic carbocycles. The van der Waals surface area contributed by atoms with Crippen LogP contribution < -0.4 is 0 Å². The van der Waals surface area contributed by atoms with Gasteiger partial charge in [0.2, 0.25) is 0 Å². The van der Waals surface area contributed by atoms with E-state index in [1.165, 1.54) is 6.92 Å². The summed E-state index contributed by atoms with van der Waals surface area (Å²) in [5.74, 6) is 0. The number of aliphatic hydroxyl groups excluding tert-OH is 4. The predicted molar refractivity (Wildman–Crippen MR) is 52.0 cm³/mol. The lowest BCUT2D eigenvalue weighted by Crippen LogP contribution is -2.66. The van der Waals surface area contributed by atoms with Crippen LogP contribution in [0.3, 0.4) is 0 Å². The summed E-state index contributed by atoms with van der Waals surface area (Å²) in [4.78, 5) is 0. The van der Waals surface area contributed by atoms with Crippen LogP contribution in [0.5, 0.6) is 0 Å². The molecule has 0 aliphatic heterocycles. The first-order valence-electron chi connectivity index (χ1n) is 4.68. The summed E-state index contributed by atoms with van der Waals surface area (Å²) in [6, 6.07) is 0. The maximum absolute atomic E-state index is 9.85. The molecular weight excluding hydrogens is 204 g/mol. The van der Waals surface area contributed by atoms with Crippen LogP contribution in [0.15, 0.2) is 0 Å². The second kappa shape index (κ2) is 4.73. The molecule has 0 saturated carbocycles. The van der Waals surface area contributed by atoms with Crippen LogP contribution >= 0.6 is 0 Å². The molecule has 6 N–H and O–H groups in total. The van der Waals surface area contributed by atoms with Gasteiger partial charge in [-0.1, -0.05) is 0 Å². The largest absolute Gasteiger partial charge is 0.394 e. The van der Waals surface area contributed by atoms with E-state index in [0.29, 0.717) is 0 Å². The zero-order chi connectivity index (χ0) is 12.4. The van der Waals surface area contributed by atoms with E-state index in [1.54, 1.807) is 0 Å². The van der Waals surface area contributed by atoms with E-state index in [1.807, 2.05) is 0 Å². The minimum absolute atomic E-state index is 0.768. The number of hydrogen-bond acceptors (Lipinski definition) is 6. The third-order valence-corrected chi connectivity index (χ3v) is 2.88. The van der Waals surface area contributed by atoms with Gasteiger partial charge in [0.05, 0.1) is 12.7 Å². The van der Waals surface area contributed by atoms with Gasteiger partial charge in [-0.15, -0.1) is 0 Å². The van der Waals surface area contributed by atoms with Gasteiger partial charge in [-0.25, -0.2) is 0 Å². The van der Waals surface area contributed by atoms with Crippen LogP contribution in [-0.2, 0) is 0 Å². The second-order valence-corrected chi connectivity index (χ2v) is 4.18. The minimum atomic E-state index is -2.15. The van der Waals surface area contributed by atoms with E-state index in [2.05, 4.69) is 0 Å². The molecule has 0 aliphatic rings. The molecule has 0 fully saturated rings. The average molecular weight is 224 g/mol. The Kier molecular flexibility index (Phi) is 4.66. The zero-order valence-electron chi connectivity index (χ0n) is 9.12. The molecule has 0 bridgehead atoms. The summed E-state index contributed by atoms with van der Waals surface area (Å²) < 4.78 is 0. The number of rotatable bonds is 5. The van der Waals surface area contributed by atoms with Gasteiger partial charge in [0.1, 0.15) is 23.4 Å². The molecule has 0 saturated heterocycles. The summed E-state index contributed by atoms with van der Waals surface area (Å²) in [5.41, 5.74) is -4.29. The van der Waals surface area contributed by atoms with Crippen molar-refractivity contribution in [2.45, 2.75) is 50.3 Å². The fraction of sp³-hybridized carbons (Fsp3) is 1.00. The molecule has 0 amide bonds. The molecular formula is C9H20O6. The molecule has 92 valence electrons. The van der Waals surface area contributed by atoms with Crippen LogP contribution in [0.1, 0.15) is 20.8 Å². The van der Waals surface area contributed by atoms with Crippen molar-refractivity contribution in [1.82, 2.24) is 0 Å². The summed E-state index contributed by atoms with van der Waals surface area (Å²) in [6.45, 7) is 2.61. The average Bonchev–Trinajstić information content (AvgIpc) is 2.14. The third-order valence-electron chi connectivity index (χ3n) is 2.88. The van der Waals surface area contributed by atoms with Crippen molar-refractivity contribution in [2.24, 2.45) is 0 Å². The van der Waals surface area contributed by atoms with Crippen molar-refractivity contribution in [3.05, 3.63) is 0 Å². The van der Waals surface area contributed by atoms with Gasteiger partial charge in [-0.3, -0.25) is 0 Å². The van der Waals surface area contributed by atoms with E-state index in [0.717, 1.165) is 13.8 Å². The fourth-order valence-corrected chi connectivity index (χ4v) is 1.28. The van der Waals surface area contributed by atoms with Crippen LogP contribution in [-0.4, -0.2) is 66.8 Å². The Morgan fingerprint density at radius 3 is 1.67 bits per heavy atom. The van der Waals surface area contributed by atoms with Crippen molar-refractivity contribution in [3.63, 3.8) is 0 Å². The molecule has 0 heterocycles. The maximum Gasteiger partial charge on any atom is 0.121 e. The first-order chi connectivity index (χ1) is 6.59. The molecule has 1 unspecified atom stereocenters. The van der Waals surface area contributed by atoms with Gasteiger partial charge < -0.3 is 30.6 Å². The summed E-state index contributed by atoms with van der Waals surface area (Å²) in [7, 11) is 0. The third kappa shape index (κ3) is 2.66. The monoisotopic (exact) mass is 224 g/mol. The molecule has 0 aromatic rings. The first kappa shape index (κ1) is 14.8. The van der Waals surface area contributed by atoms with Crippen molar-refractivity contribution in [1.29, 1.82) is 0 Å². The van der Waals surface area contributed by atoms with E-state index in [-0.39, 0.29) is 0 Å². The molecule has 6 nitrogen and oxygen atoms in total. The van der Waals surface area contributed by atoms with Gasteiger partial charge >= 0.3 is 0 Å². The number of aliphatic hydroxyl groups is 6. The van der Waals surface area contributed by atoms with Crippen molar-refractivity contribution in [2.75, 3.05) is 6.61 Å². The van der Waals surface area contributed by atoms with Crippen molar-refractivity contribution < 1.29 is 30.6 Å². The van der Waals surface area contributed by atoms with Crippen LogP contribution in [0.2, 0.25) is 0 Å². The van der Waals surface area contributed by atoms with E-state index >= 15 is 0 Å². The molecule has 5 atom stereocenters. The van der Waals surface area contributed by atoms with E-state index < -0.39 is 36.1 Å². The summed E-state index contributed by atoms with van der Waals surface area (Å²) in [5, 5.41) is 56.2. The van der Waals surface area contributed by atoms with E-state index in [9.17, 15) is 20.4 Å². The highest BCUT2D eigenvalue weighted by Crippen LogP contribution is 2.30. The lowest BCUT2D eigenvalue weighted by molar-refractivity contribution is -0.241. The predicted octanol–water partition coefficient (Wildman–Crippen LogP) is -2.42. The molecule has 15 heavy (non-hydrogen) atoms. The first-order valence-corrected chi connectivity index (χ1v) is 4.68. The maximum atomic E-state index is 9.85. The number of hydrogen-bond donors (Lipinski definition) is 6. The van der Waals surface area contributed by atoms with Crippen LogP contribution in [0, 0.1) is 0 Å². The van der Waals surface area contributed by atoms with Gasteiger partial charge in [0, 0.05) is 0 Å². The molecule has 0 spiro atoms. The Labute approximate surface area is 88.4 Å². The second-order valence-electron chi connectivity index (χ2n) is 4.18. The smallest absolute Gasteiger partial charge is 0.121 e. The van der Waals surface area contributed by atoms with Gasteiger partial charge in [0.25, 0.3) is 0 Å². The van der Waals surface area contributed by atoms with Gasteiger partial charge in [0.15, 0.2) is 0 Å². The topological polar surface area (TPSA) is 121 Å². The zero-order valence-corrected chi connectivity index (χ0v) is 9.12. The molecule has 0 rings (SSSR count). The Hall–Kier alpha value is -0.240. The molecule has 0 aromatic carbocycles. The SMILES string of the molecule is CC(O)[C@@H](O)[C@@](C)(O)[C@](C)(O)[C@H](O)CO. The molecule has 6 heteroatoms. The normalized spacial score (nSPS) is 26.2. The van der Waals surface area contributed by atoms with Gasteiger partial charge in [-0.2, -0.15) is 0 Å². The van der Waals surface area contributed by atoms with Crippen molar-refractivity contribution >= 4 is 0 Å². The van der Waals surface area contributed by atoms with Gasteiger partial charge in [-0.05, 0) is 20.8 Å². The van der Waals surface area contributed by atoms with Crippen LogP contribution in [0.4, 0.5) is 0 Å². The minimum Gasteiger partial charge on any atom is -0.394 e. The standard InChI is InChI=1S/C9H20O6/c1-5(11)7(13)9(3,15)8(2,14)6(12)4-10/h5-7,10-15H,4H2,1-3H3/t5?,6-,7-,8-,9-/m1/s1. The van der Waals surface area contributed by atoms with Crippen molar-refractivity contribution in [3.8, 4) is 0 Å². The fourth-order valence-electron chi connectivity index (χ4n) is 1.28. The quantitative estimate of drug-likeness (QED) is 0.309. The highest BCUT2D eigenvalue weighted by molar-refractivity contribution is 5.03.